The van der Waals surface area contributed by atoms with Gasteiger partial charge in [0.25, 0.3) is 0 Å². The Kier molecular flexibility index (Phi) is 7.81. The van der Waals surface area contributed by atoms with Gasteiger partial charge in [-0.05, 0) is 77.0 Å². The number of pyridine rings is 1. The van der Waals surface area contributed by atoms with E-state index >= 15 is 0 Å². The maximum Gasteiger partial charge on any atom is 0.214 e. The predicted octanol–water partition coefficient (Wildman–Crippen LogP) is 6.28. The first-order valence-electron chi connectivity index (χ1n) is 10.3. The van der Waals surface area contributed by atoms with Gasteiger partial charge in [-0.15, -0.1) is 0 Å². The minimum atomic E-state index is -0.427. The summed E-state index contributed by atoms with van der Waals surface area (Å²) in [5, 5.41) is 7.41. The van der Waals surface area contributed by atoms with Crippen LogP contribution in [0.1, 0.15) is 18.1 Å². The lowest BCUT2D eigenvalue weighted by Gasteiger charge is -2.17. The minimum absolute atomic E-state index is 0.0404. The average molecular weight is 565 g/mol. The highest BCUT2D eigenvalue weighted by Gasteiger charge is 2.16. The number of rotatable bonds is 9. The van der Waals surface area contributed by atoms with Crippen LogP contribution in [0.25, 0.3) is 11.4 Å². The van der Waals surface area contributed by atoms with E-state index in [1.54, 1.807) is 29.2 Å². The fourth-order valence-electron chi connectivity index (χ4n) is 3.25. The fraction of sp³-hybridized carbons (Fsp3) is 0.174. The Labute approximate surface area is 214 Å². The molecule has 0 aliphatic carbocycles. The number of nitrogens with zero attached hydrogens (tertiary/aromatic N) is 3. The molecule has 0 saturated carbocycles. The third kappa shape index (κ3) is 5.40. The highest BCUT2D eigenvalue weighted by atomic mass is 79.9. The lowest BCUT2D eigenvalue weighted by Crippen LogP contribution is -2.16. The van der Waals surface area contributed by atoms with Crippen molar-refractivity contribution >= 4 is 39.7 Å². The van der Waals surface area contributed by atoms with Crippen molar-refractivity contribution in [3.63, 3.8) is 0 Å². The molecule has 4 aromatic rings. The lowest BCUT2D eigenvalue weighted by molar-refractivity contribution is 0.264. The molecule has 0 spiro atoms. The van der Waals surface area contributed by atoms with Gasteiger partial charge < -0.3 is 14.9 Å². The smallest absolute Gasteiger partial charge is 0.214 e. The van der Waals surface area contributed by atoms with Gasteiger partial charge in [-0.25, -0.2) is 14.2 Å². The number of hydrogen-bond donors (Lipinski definition) is 2. The predicted molar refractivity (Wildman–Crippen MR) is 135 cm³/mol. The molecule has 2 heterocycles. The number of aromatic nitrogens is 4. The number of halogens is 3. The zero-order valence-corrected chi connectivity index (χ0v) is 21.2. The molecule has 0 bridgehead atoms. The van der Waals surface area contributed by atoms with E-state index in [1.807, 2.05) is 31.2 Å². The molecule has 2 aromatic heterocycles. The van der Waals surface area contributed by atoms with E-state index in [0.29, 0.717) is 44.7 Å². The molecule has 0 atom stereocenters. The number of hydrogen-bond acceptors (Lipinski definition) is 6. The third-order valence-corrected chi connectivity index (χ3v) is 6.06. The van der Waals surface area contributed by atoms with Crippen LogP contribution in [-0.4, -0.2) is 26.5 Å². The highest BCUT2D eigenvalue weighted by Crippen LogP contribution is 2.38. The molecule has 0 amide bonds. The van der Waals surface area contributed by atoms with Crippen molar-refractivity contribution < 1.29 is 13.9 Å². The second-order valence-corrected chi connectivity index (χ2v) is 8.73. The molecule has 11 heteroatoms. The molecule has 176 valence electrons. The molecular formula is C23H20BrClFN5O2S. The van der Waals surface area contributed by atoms with E-state index in [1.165, 1.54) is 6.07 Å². The standard InChI is InChI=1S/C23H20BrClFN5O2S/c1-2-32-20-11-14(10-17(24)21(20)33-13-16-18(25)4-3-5-19(16)26)12-28-31-22(29-30-23(31)34)15-6-8-27-9-7-15/h3-11,28H,2,12-13H2,1H3,(H,30,34). The summed E-state index contributed by atoms with van der Waals surface area (Å²) in [6.45, 7) is 2.69. The SMILES string of the molecule is CCOc1cc(CNn2c(-c3ccncc3)n[nH]c2=S)cc(Br)c1OCc1c(F)cccc1Cl. The van der Waals surface area contributed by atoms with Gasteiger partial charge in [0.1, 0.15) is 12.4 Å². The maximum atomic E-state index is 14.2. The Balaban J connectivity index is 1.56. The zero-order chi connectivity index (χ0) is 24.1. The molecular weight excluding hydrogens is 545 g/mol. The maximum absolute atomic E-state index is 14.2. The van der Waals surface area contributed by atoms with E-state index in [9.17, 15) is 4.39 Å². The van der Waals surface area contributed by atoms with E-state index in [2.05, 4.69) is 36.5 Å². The molecule has 0 fully saturated rings. The fourth-order valence-corrected chi connectivity index (χ4v) is 4.27. The minimum Gasteiger partial charge on any atom is -0.490 e. The van der Waals surface area contributed by atoms with Gasteiger partial charge in [0.2, 0.25) is 4.77 Å². The van der Waals surface area contributed by atoms with Crippen LogP contribution in [0.4, 0.5) is 4.39 Å². The van der Waals surface area contributed by atoms with Gasteiger partial charge in [0.05, 0.1) is 22.6 Å². The van der Waals surface area contributed by atoms with Crippen LogP contribution >= 0.6 is 39.7 Å². The molecule has 4 rings (SSSR count). The summed E-state index contributed by atoms with van der Waals surface area (Å²) in [6, 6.07) is 12.0. The van der Waals surface area contributed by atoms with Crippen LogP contribution < -0.4 is 14.9 Å². The van der Waals surface area contributed by atoms with Crippen LogP contribution in [0.2, 0.25) is 5.02 Å². The summed E-state index contributed by atoms with van der Waals surface area (Å²) in [7, 11) is 0. The molecule has 0 saturated heterocycles. The van der Waals surface area contributed by atoms with Gasteiger partial charge in [0, 0.05) is 23.5 Å². The van der Waals surface area contributed by atoms with E-state index in [-0.39, 0.29) is 12.2 Å². The number of H-pyrrole nitrogens is 1. The normalized spacial score (nSPS) is 10.8. The number of benzene rings is 2. The van der Waals surface area contributed by atoms with Gasteiger partial charge in [-0.3, -0.25) is 4.98 Å². The Bertz CT molecular complexity index is 1330. The van der Waals surface area contributed by atoms with Crippen LogP contribution in [0, 0.1) is 10.6 Å². The lowest BCUT2D eigenvalue weighted by atomic mass is 10.2. The molecule has 0 aliphatic heterocycles. The topological polar surface area (TPSA) is 77.0 Å². The molecule has 0 radical (unpaired) electrons. The van der Waals surface area contributed by atoms with Crippen LogP contribution in [0.15, 0.2) is 59.3 Å². The first-order valence-corrected chi connectivity index (χ1v) is 11.9. The number of aromatic amines is 1. The zero-order valence-electron chi connectivity index (χ0n) is 18.0. The van der Waals surface area contributed by atoms with Crippen molar-refractivity contribution in [2.75, 3.05) is 12.0 Å². The van der Waals surface area contributed by atoms with Crippen molar-refractivity contribution in [1.29, 1.82) is 0 Å². The summed E-state index contributed by atoms with van der Waals surface area (Å²) < 4.78 is 28.6. The number of ether oxygens (including phenoxy) is 2. The summed E-state index contributed by atoms with van der Waals surface area (Å²) >= 11 is 15.1. The molecule has 2 N–H and O–H groups in total. The summed E-state index contributed by atoms with van der Waals surface area (Å²) in [6.07, 6.45) is 3.38. The molecule has 0 unspecified atom stereocenters. The summed E-state index contributed by atoms with van der Waals surface area (Å²) in [5.74, 6) is 1.19. The highest BCUT2D eigenvalue weighted by molar-refractivity contribution is 9.10. The Morgan fingerprint density at radius 2 is 2.00 bits per heavy atom. The van der Waals surface area contributed by atoms with Crippen LogP contribution in [-0.2, 0) is 13.2 Å². The third-order valence-electron chi connectivity index (χ3n) is 4.84. The molecule has 34 heavy (non-hydrogen) atoms. The Morgan fingerprint density at radius 3 is 2.74 bits per heavy atom. The molecule has 2 aromatic carbocycles. The quantitative estimate of drug-likeness (QED) is 0.233. The van der Waals surface area contributed by atoms with Gasteiger partial charge in [0.15, 0.2) is 17.3 Å². The summed E-state index contributed by atoms with van der Waals surface area (Å²) in [4.78, 5) is 4.04. The van der Waals surface area contributed by atoms with Gasteiger partial charge in [-0.2, -0.15) is 5.10 Å². The molecule has 0 aliphatic rings. The van der Waals surface area contributed by atoms with Crippen molar-refractivity contribution in [3.05, 3.63) is 86.1 Å². The monoisotopic (exact) mass is 563 g/mol. The van der Waals surface area contributed by atoms with Crippen LogP contribution in [0.5, 0.6) is 11.5 Å². The van der Waals surface area contributed by atoms with Crippen molar-refractivity contribution in [3.8, 4) is 22.9 Å². The van der Waals surface area contributed by atoms with Gasteiger partial charge >= 0.3 is 0 Å². The first-order chi connectivity index (χ1) is 16.5. The number of nitrogens with one attached hydrogen (secondary N) is 2. The van der Waals surface area contributed by atoms with E-state index in [4.69, 9.17) is 33.3 Å². The van der Waals surface area contributed by atoms with Crippen molar-refractivity contribution in [2.24, 2.45) is 0 Å². The second-order valence-electron chi connectivity index (χ2n) is 7.09. The van der Waals surface area contributed by atoms with Crippen molar-refractivity contribution in [2.45, 2.75) is 20.1 Å². The largest absolute Gasteiger partial charge is 0.490 e. The molecule has 7 nitrogen and oxygen atoms in total. The average Bonchev–Trinajstić information content (AvgIpc) is 3.19. The van der Waals surface area contributed by atoms with Crippen molar-refractivity contribution in [1.82, 2.24) is 19.9 Å². The Hall–Kier alpha value is -2.95. The van der Waals surface area contributed by atoms with E-state index < -0.39 is 5.82 Å². The van der Waals surface area contributed by atoms with Crippen LogP contribution in [0.3, 0.4) is 0 Å². The summed E-state index contributed by atoms with van der Waals surface area (Å²) in [5.41, 5.74) is 5.32. The first kappa shape index (κ1) is 24.2. The second kappa shape index (κ2) is 11.0. The van der Waals surface area contributed by atoms with E-state index in [0.717, 1.165) is 11.1 Å². The van der Waals surface area contributed by atoms with Gasteiger partial charge in [-0.1, -0.05) is 17.7 Å². The Morgan fingerprint density at radius 1 is 1.21 bits per heavy atom.